The summed E-state index contributed by atoms with van der Waals surface area (Å²) in [7, 11) is 0. The molecule has 0 saturated carbocycles. The second kappa shape index (κ2) is 5.16. The van der Waals surface area contributed by atoms with Crippen molar-refractivity contribution in [2.45, 2.75) is 59.2 Å². The zero-order valence-corrected chi connectivity index (χ0v) is 13.2. The van der Waals surface area contributed by atoms with Crippen LogP contribution in [0.15, 0.2) is 18.2 Å². The predicted octanol–water partition coefficient (Wildman–Crippen LogP) is 3.91. The lowest BCUT2D eigenvalue weighted by atomic mass is 9.84. The van der Waals surface area contributed by atoms with Gasteiger partial charge in [0.25, 0.3) is 0 Å². The van der Waals surface area contributed by atoms with E-state index in [0.717, 1.165) is 13.1 Å². The molecule has 1 heterocycles. The van der Waals surface area contributed by atoms with E-state index in [0.29, 0.717) is 12.2 Å². The van der Waals surface area contributed by atoms with Gasteiger partial charge in [-0.05, 0) is 49.4 Å². The van der Waals surface area contributed by atoms with Crippen molar-refractivity contribution in [3.63, 3.8) is 0 Å². The van der Waals surface area contributed by atoms with E-state index in [2.05, 4.69) is 64.6 Å². The van der Waals surface area contributed by atoms with Gasteiger partial charge in [0.05, 0.1) is 12.2 Å². The van der Waals surface area contributed by atoms with Gasteiger partial charge in [-0.25, -0.2) is 0 Å². The predicted molar refractivity (Wildman–Crippen MR) is 82.1 cm³/mol. The van der Waals surface area contributed by atoms with E-state index in [9.17, 15) is 0 Å². The van der Waals surface area contributed by atoms with Gasteiger partial charge in [0.2, 0.25) is 0 Å². The second-order valence-corrected chi connectivity index (χ2v) is 6.91. The molecule has 0 N–H and O–H groups in total. The van der Waals surface area contributed by atoms with Crippen LogP contribution in [0.1, 0.15) is 45.7 Å². The fourth-order valence-corrected chi connectivity index (χ4v) is 3.07. The molecule has 0 radical (unpaired) electrons. The quantitative estimate of drug-likeness (QED) is 0.760. The average molecular weight is 261 g/mol. The molecule has 1 aromatic rings. The summed E-state index contributed by atoms with van der Waals surface area (Å²) in [5.41, 5.74) is 4.36. The van der Waals surface area contributed by atoms with Crippen molar-refractivity contribution in [1.29, 1.82) is 0 Å². The molecule has 0 aliphatic carbocycles. The molecule has 1 aliphatic heterocycles. The SMILES string of the molecule is Cc1cc(N2C[C@@H](C)O[C@@H](C)C2)ccc1C(C)(C)C. The van der Waals surface area contributed by atoms with Crippen molar-refractivity contribution in [1.82, 2.24) is 0 Å². The van der Waals surface area contributed by atoms with Crippen LogP contribution in [0.4, 0.5) is 5.69 Å². The summed E-state index contributed by atoms with van der Waals surface area (Å²) >= 11 is 0. The molecule has 1 aliphatic rings. The molecule has 19 heavy (non-hydrogen) atoms. The highest BCUT2D eigenvalue weighted by molar-refractivity contribution is 5.52. The van der Waals surface area contributed by atoms with Crippen LogP contribution in [0.3, 0.4) is 0 Å². The first-order valence-corrected chi connectivity index (χ1v) is 7.29. The topological polar surface area (TPSA) is 12.5 Å². The zero-order valence-electron chi connectivity index (χ0n) is 13.2. The minimum Gasteiger partial charge on any atom is -0.372 e. The minimum atomic E-state index is 0.216. The number of ether oxygens (including phenoxy) is 1. The molecule has 1 aromatic carbocycles. The lowest BCUT2D eigenvalue weighted by Crippen LogP contribution is -2.45. The Labute approximate surface area is 117 Å². The van der Waals surface area contributed by atoms with Crippen LogP contribution in [0.25, 0.3) is 0 Å². The van der Waals surface area contributed by atoms with Crippen molar-refractivity contribution in [2.75, 3.05) is 18.0 Å². The Morgan fingerprint density at radius 1 is 1.11 bits per heavy atom. The number of hydrogen-bond acceptors (Lipinski definition) is 2. The molecular weight excluding hydrogens is 234 g/mol. The third-order valence-corrected chi connectivity index (χ3v) is 3.80. The van der Waals surface area contributed by atoms with E-state index >= 15 is 0 Å². The third-order valence-electron chi connectivity index (χ3n) is 3.80. The Balaban J connectivity index is 2.25. The Hall–Kier alpha value is -1.02. The monoisotopic (exact) mass is 261 g/mol. The second-order valence-electron chi connectivity index (χ2n) is 6.91. The van der Waals surface area contributed by atoms with Gasteiger partial charge in [-0.1, -0.05) is 26.8 Å². The Morgan fingerprint density at radius 3 is 2.16 bits per heavy atom. The number of rotatable bonds is 1. The van der Waals surface area contributed by atoms with Crippen LogP contribution in [-0.4, -0.2) is 25.3 Å². The van der Waals surface area contributed by atoms with Gasteiger partial charge in [0, 0.05) is 18.8 Å². The molecule has 1 fully saturated rings. The Morgan fingerprint density at radius 2 is 1.68 bits per heavy atom. The molecule has 2 nitrogen and oxygen atoms in total. The van der Waals surface area contributed by atoms with E-state index in [-0.39, 0.29) is 5.41 Å². The maximum Gasteiger partial charge on any atom is 0.0726 e. The summed E-state index contributed by atoms with van der Waals surface area (Å²) in [6.07, 6.45) is 0.623. The molecule has 2 atom stereocenters. The largest absolute Gasteiger partial charge is 0.372 e. The first kappa shape index (κ1) is 14.4. The van der Waals surface area contributed by atoms with E-state index in [1.165, 1.54) is 16.8 Å². The summed E-state index contributed by atoms with van der Waals surface area (Å²) in [5.74, 6) is 0. The van der Waals surface area contributed by atoms with Crippen LogP contribution in [-0.2, 0) is 10.2 Å². The van der Waals surface area contributed by atoms with Gasteiger partial charge in [-0.2, -0.15) is 0 Å². The summed E-state index contributed by atoms with van der Waals surface area (Å²) in [4.78, 5) is 2.44. The molecule has 0 bridgehead atoms. The molecule has 0 spiro atoms. The van der Waals surface area contributed by atoms with Gasteiger partial charge >= 0.3 is 0 Å². The highest BCUT2D eigenvalue weighted by Crippen LogP contribution is 2.29. The van der Waals surface area contributed by atoms with Crippen LogP contribution in [0.2, 0.25) is 0 Å². The third kappa shape index (κ3) is 3.30. The van der Waals surface area contributed by atoms with Crippen molar-refractivity contribution >= 4 is 5.69 Å². The van der Waals surface area contributed by atoms with E-state index in [1.54, 1.807) is 0 Å². The van der Waals surface area contributed by atoms with E-state index in [4.69, 9.17) is 4.74 Å². The van der Waals surface area contributed by atoms with Crippen LogP contribution in [0, 0.1) is 6.92 Å². The first-order chi connectivity index (χ1) is 8.77. The fraction of sp³-hybridized carbons (Fsp3) is 0.647. The Bertz CT molecular complexity index is 437. The fourth-order valence-electron chi connectivity index (χ4n) is 3.07. The highest BCUT2D eigenvalue weighted by atomic mass is 16.5. The number of hydrogen-bond donors (Lipinski definition) is 0. The lowest BCUT2D eigenvalue weighted by molar-refractivity contribution is -0.00522. The standard InChI is InChI=1S/C17H27NO/c1-12-9-15(7-8-16(12)17(4,5)6)18-10-13(2)19-14(3)11-18/h7-9,13-14H,10-11H2,1-6H3/t13-,14+. The molecule has 0 aromatic heterocycles. The summed E-state index contributed by atoms with van der Waals surface area (Å²) in [5, 5.41) is 0. The van der Waals surface area contributed by atoms with Gasteiger partial charge < -0.3 is 9.64 Å². The maximum absolute atomic E-state index is 5.80. The highest BCUT2D eigenvalue weighted by Gasteiger charge is 2.23. The Kier molecular flexibility index (Phi) is 3.91. The van der Waals surface area contributed by atoms with Gasteiger partial charge in [-0.3, -0.25) is 0 Å². The van der Waals surface area contributed by atoms with Crippen LogP contribution >= 0.6 is 0 Å². The van der Waals surface area contributed by atoms with Gasteiger partial charge in [0.1, 0.15) is 0 Å². The zero-order chi connectivity index (χ0) is 14.2. The smallest absolute Gasteiger partial charge is 0.0726 e. The summed E-state index contributed by atoms with van der Waals surface area (Å²) in [6, 6.07) is 6.87. The maximum atomic E-state index is 5.80. The van der Waals surface area contributed by atoms with Crippen molar-refractivity contribution in [2.24, 2.45) is 0 Å². The van der Waals surface area contributed by atoms with E-state index in [1.807, 2.05) is 0 Å². The number of benzene rings is 1. The normalized spacial score (nSPS) is 24.6. The number of morpholine rings is 1. The number of aryl methyl sites for hydroxylation is 1. The molecule has 0 amide bonds. The minimum absolute atomic E-state index is 0.216. The molecule has 1 saturated heterocycles. The molecule has 0 unspecified atom stereocenters. The number of nitrogens with zero attached hydrogens (tertiary/aromatic N) is 1. The molecular formula is C17H27NO. The molecule has 106 valence electrons. The van der Waals surface area contributed by atoms with Gasteiger partial charge in [0.15, 0.2) is 0 Å². The number of anilines is 1. The average Bonchev–Trinajstić information content (AvgIpc) is 2.25. The van der Waals surface area contributed by atoms with Gasteiger partial charge in [-0.15, -0.1) is 0 Å². The molecule has 2 heteroatoms. The van der Waals surface area contributed by atoms with E-state index < -0.39 is 0 Å². The van der Waals surface area contributed by atoms with Crippen molar-refractivity contribution < 1.29 is 4.74 Å². The van der Waals surface area contributed by atoms with Crippen molar-refractivity contribution in [3.8, 4) is 0 Å². The van der Waals surface area contributed by atoms with Crippen molar-refractivity contribution in [3.05, 3.63) is 29.3 Å². The van der Waals surface area contributed by atoms with Crippen LogP contribution < -0.4 is 4.90 Å². The lowest BCUT2D eigenvalue weighted by Gasteiger charge is -2.37. The first-order valence-electron chi connectivity index (χ1n) is 7.29. The molecule has 2 rings (SSSR count). The summed E-state index contributed by atoms with van der Waals surface area (Å²) < 4.78 is 5.80. The van der Waals surface area contributed by atoms with Crippen LogP contribution in [0.5, 0.6) is 0 Å². The summed E-state index contributed by atoms with van der Waals surface area (Å²) in [6.45, 7) is 15.3.